The van der Waals surface area contributed by atoms with Gasteiger partial charge in [0.2, 0.25) is 0 Å². The van der Waals surface area contributed by atoms with Crippen molar-refractivity contribution in [3.05, 3.63) is 64.7 Å². The first kappa shape index (κ1) is 22.7. The van der Waals surface area contributed by atoms with E-state index < -0.39 is 0 Å². The van der Waals surface area contributed by atoms with Gasteiger partial charge >= 0.3 is 0 Å². The van der Waals surface area contributed by atoms with Gasteiger partial charge in [-0.3, -0.25) is 0 Å². The van der Waals surface area contributed by atoms with Crippen LogP contribution in [-0.2, 0) is 0 Å². The van der Waals surface area contributed by atoms with Gasteiger partial charge in [0.15, 0.2) is 0 Å². The minimum atomic E-state index is 0.141. The van der Waals surface area contributed by atoms with Crippen LogP contribution in [0.3, 0.4) is 0 Å². The van der Waals surface area contributed by atoms with Crippen LogP contribution in [0.4, 0.5) is 0 Å². The van der Waals surface area contributed by atoms with E-state index in [1.54, 1.807) is 7.11 Å². The largest absolute Gasteiger partial charge is 0.497 e. The van der Waals surface area contributed by atoms with Crippen LogP contribution in [0, 0.1) is 0 Å². The Morgan fingerprint density at radius 2 is 1.39 bits per heavy atom. The maximum atomic E-state index is 6.10. The molecule has 0 aliphatic rings. The Labute approximate surface area is 176 Å². The number of hydrogen-bond acceptors (Lipinski definition) is 3. The summed E-state index contributed by atoms with van der Waals surface area (Å²) in [5.74, 6) is 0.879. The SMILES string of the molecule is CCCCN(CCCC)CCN[C@H](c1ccc(Cl)cc1)c1ccc(OC)cc1. The summed E-state index contributed by atoms with van der Waals surface area (Å²) in [7, 11) is 1.70. The number of halogens is 1. The number of hydrogen-bond donors (Lipinski definition) is 1. The Balaban J connectivity index is 2.07. The molecule has 1 N–H and O–H groups in total. The van der Waals surface area contributed by atoms with Crippen LogP contribution >= 0.6 is 11.6 Å². The van der Waals surface area contributed by atoms with Gasteiger partial charge in [-0.05, 0) is 61.3 Å². The number of nitrogens with one attached hydrogen (secondary N) is 1. The molecule has 0 aliphatic carbocycles. The molecule has 0 amide bonds. The summed E-state index contributed by atoms with van der Waals surface area (Å²) < 4.78 is 5.31. The van der Waals surface area contributed by atoms with E-state index in [1.807, 2.05) is 24.3 Å². The van der Waals surface area contributed by atoms with E-state index in [0.29, 0.717) is 0 Å². The highest BCUT2D eigenvalue weighted by molar-refractivity contribution is 6.30. The maximum absolute atomic E-state index is 6.10. The molecule has 0 aromatic heterocycles. The summed E-state index contributed by atoms with van der Waals surface area (Å²) in [5, 5.41) is 4.53. The van der Waals surface area contributed by atoms with Crippen LogP contribution in [0.5, 0.6) is 5.75 Å². The van der Waals surface area contributed by atoms with Crippen molar-refractivity contribution in [2.24, 2.45) is 0 Å². The lowest BCUT2D eigenvalue weighted by molar-refractivity contribution is 0.262. The quantitative estimate of drug-likeness (QED) is 0.449. The molecule has 0 radical (unpaired) electrons. The van der Waals surface area contributed by atoms with E-state index in [9.17, 15) is 0 Å². The molecule has 154 valence electrons. The van der Waals surface area contributed by atoms with E-state index in [0.717, 1.165) is 23.9 Å². The molecule has 0 heterocycles. The summed E-state index contributed by atoms with van der Waals surface area (Å²) in [5.41, 5.74) is 2.46. The van der Waals surface area contributed by atoms with Crippen molar-refractivity contribution in [3.63, 3.8) is 0 Å². The summed E-state index contributed by atoms with van der Waals surface area (Å²) >= 11 is 6.10. The number of unbranched alkanes of at least 4 members (excludes halogenated alkanes) is 2. The van der Waals surface area contributed by atoms with E-state index in [-0.39, 0.29) is 6.04 Å². The van der Waals surface area contributed by atoms with Crippen LogP contribution in [-0.4, -0.2) is 38.2 Å². The molecular weight excluding hydrogens is 368 g/mol. The minimum Gasteiger partial charge on any atom is -0.497 e. The van der Waals surface area contributed by atoms with Gasteiger partial charge < -0.3 is 15.0 Å². The van der Waals surface area contributed by atoms with Crippen molar-refractivity contribution in [2.75, 3.05) is 33.3 Å². The van der Waals surface area contributed by atoms with Gasteiger partial charge in [-0.2, -0.15) is 0 Å². The molecule has 0 saturated carbocycles. The predicted octanol–water partition coefficient (Wildman–Crippen LogP) is 5.93. The number of ether oxygens (including phenoxy) is 1. The molecule has 4 heteroatoms. The molecular formula is C24H35ClN2O. The van der Waals surface area contributed by atoms with E-state index in [2.05, 4.69) is 48.3 Å². The van der Waals surface area contributed by atoms with Gasteiger partial charge in [-0.1, -0.05) is 62.6 Å². The fraction of sp³-hybridized carbons (Fsp3) is 0.500. The number of rotatable bonds is 13. The predicted molar refractivity (Wildman–Crippen MR) is 121 cm³/mol. The van der Waals surface area contributed by atoms with Gasteiger partial charge in [-0.15, -0.1) is 0 Å². The molecule has 0 spiro atoms. The molecule has 0 unspecified atom stereocenters. The zero-order valence-electron chi connectivity index (χ0n) is 17.6. The highest BCUT2D eigenvalue weighted by atomic mass is 35.5. The number of benzene rings is 2. The second-order valence-corrected chi connectivity index (χ2v) is 7.70. The molecule has 3 nitrogen and oxygen atoms in total. The third-order valence-electron chi connectivity index (χ3n) is 5.08. The van der Waals surface area contributed by atoms with Crippen LogP contribution in [0.25, 0.3) is 0 Å². The van der Waals surface area contributed by atoms with E-state index >= 15 is 0 Å². The topological polar surface area (TPSA) is 24.5 Å². The van der Waals surface area contributed by atoms with Crippen molar-refractivity contribution in [1.82, 2.24) is 10.2 Å². The first-order valence-corrected chi connectivity index (χ1v) is 10.9. The average molecular weight is 403 g/mol. The summed E-state index contributed by atoms with van der Waals surface area (Å²) in [6, 6.07) is 16.6. The highest BCUT2D eigenvalue weighted by Crippen LogP contribution is 2.25. The minimum absolute atomic E-state index is 0.141. The Morgan fingerprint density at radius 3 is 1.89 bits per heavy atom. The Hall–Kier alpha value is -1.55. The lowest BCUT2D eigenvalue weighted by Gasteiger charge is -2.25. The second kappa shape index (κ2) is 12.8. The van der Waals surface area contributed by atoms with Gasteiger partial charge in [0.05, 0.1) is 13.2 Å². The highest BCUT2D eigenvalue weighted by Gasteiger charge is 2.14. The van der Waals surface area contributed by atoms with E-state index in [4.69, 9.17) is 16.3 Å². The smallest absolute Gasteiger partial charge is 0.118 e. The third-order valence-corrected chi connectivity index (χ3v) is 5.34. The van der Waals surface area contributed by atoms with Crippen LogP contribution in [0.2, 0.25) is 5.02 Å². The summed E-state index contributed by atoms with van der Waals surface area (Å²) in [6.07, 6.45) is 5.02. The van der Waals surface area contributed by atoms with Crippen molar-refractivity contribution >= 4 is 11.6 Å². The molecule has 0 fully saturated rings. The zero-order chi connectivity index (χ0) is 20.2. The van der Waals surface area contributed by atoms with Crippen molar-refractivity contribution in [3.8, 4) is 5.75 Å². The molecule has 0 bridgehead atoms. The summed E-state index contributed by atoms with van der Waals surface area (Å²) in [4.78, 5) is 2.59. The number of nitrogens with zero attached hydrogens (tertiary/aromatic N) is 1. The zero-order valence-corrected chi connectivity index (χ0v) is 18.3. The van der Waals surface area contributed by atoms with Crippen molar-refractivity contribution < 1.29 is 4.74 Å². The van der Waals surface area contributed by atoms with Crippen LogP contribution in [0.1, 0.15) is 56.7 Å². The molecule has 28 heavy (non-hydrogen) atoms. The average Bonchev–Trinajstić information content (AvgIpc) is 2.73. The fourth-order valence-corrected chi connectivity index (χ4v) is 3.47. The molecule has 0 aliphatic heterocycles. The van der Waals surface area contributed by atoms with Crippen molar-refractivity contribution in [1.29, 1.82) is 0 Å². The van der Waals surface area contributed by atoms with Gasteiger partial charge in [0.25, 0.3) is 0 Å². The Morgan fingerprint density at radius 1 is 0.857 bits per heavy atom. The van der Waals surface area contributed by atoms with Crippen LogP contribution < -0.4 is 10.1 Å². The second-order valence-electron chi connectivity index (χ2n) is 7.26. The fourth-order valence-electron chi connectivity index (χ4n) is 3.35. The Kier molecular flexibility index (Phi) is 10.4. The van der Waals surface area contributed by atoms with Crippen molar-refractivity contribution in [2.45, 2.75) is 45.6 Å². The molecule has 1 atom stereocenters. The van der Waals surface area contributed by atoms with Gasteiger partial charge in [0.1, 0.15) is 5.75 Å². The molecule has 0 saturated heterocycles. The van der Waals surface area contributed by atoms with Gasteiger partial charge in [-0.25, -0.2) is 0 Å². The first-order chi connectivity index (χ1) is 13.7. The lowest BCUT2D eigenvalue weighted by atomic mass is 9.98. The normalized spacial score (nSPS) is 12.3. The number of methoxy groups -OCH3 is 1. The molecule has 2 aromatic carbocycles. The summed E-state index contributed by atoms with van der Waals surface area (Å²) in [6.45, 7) is 8.92. The van der Waals surface area contributed by atoms with Crippen LogP contribution in [0.15, 0.2) is 48.5 Å². The molecule has 2 aromatic rings. The monoisotopic (exact) mass is 402 g/mol. The maximum Gasteiger partial charge on any atom is 0.118 e. The third kappa shape index (κ3) is 7.46. The standard InChI is InChI=1S/C24H35ClN2O/c1-4-6-17-27(18-7-5-2)19-16-26-24(20-8-12-22(25)13-9-20)21-10-14-23(28-3)15-11-21/h8-15,24,26H,4-7,16-19H2,1-3H3/t24-/m1/s1. The first-order valence-electron chi connectivity index (χ1n) is 10.5. The lowest BCUT2D eigenvalue weighted by Crippen LogP contribution is -2.35. The molecule has 2 rings (SSSR count). The van der Waals surface area contributed by atoms with E-state index in [1.165, 1.54) is 49.9 Å². The Bertz CT molecular complexity index is 649. The van der Waals surface area contributed by atoms with Gasteiger partial charge in [0, 0.05) is 18.1 Å².